The van der Waals surface area contributed by atoms with Crippen LogP contribution >= 0.6 is 11.6 Å². The smallest absolute Gasteiger partial charge is 0.324 e. The van der Waals surface area contributed by atoms with Gasteiger partial charge in [0.05, 0.1) is 28.9 Å². The van der Waals surface area contributed by atoms with Crippen LogP contribution in [0.1, 0.15) is 30.3 Å². The van der Waals surface area contributed by atoms with Gasteiger partial charge in [0.25, 0.3) is 0 Å². The topological polar surface area (TPSA) is 73.9 Å². The van der Waals surface area contributed by atoms with Gasteiger partial charge < -0.3 is 5.32 Å². The van der Waals surface area contributed by atoms with Crippen LogP contribution in [0.25, 0.3) is 11.4 Å². The normalized spacial score (nSPS) is 17.1. The van der Waals surface area contributed by atoms with Gasteiger partial charge in [-0.15, -0.1) is 0 Å². The molecule has 1 aliphatic heterocycles. The van der Waals surface area contributed by atoms with Crippen LogP contribution in [0.2, 0.25) is 5.02 Å². The summed E-state index contributed by atoms with van der Waals surface area (Å²) < 4.78 is 38.8. The molecule has 2 N–H and O–H groups in total. The Hall–Kier alpha value is -2.91. The molecule has 10 heteroatoms. The van der Waals surface area contributed by atoms with Gasteiger partial charge in [0.1, 0.15) is 5.82 Å². The number of alkyl halides is 3. The predicted molar refractivity (Wildman–Crippen MR) is 110 cm³/mol. The van der Waals surface area contributed by atoms with Crippen molar-refractivity contribution in [2.75, 3.05) is 18.4 Å². The van der Waals surface area contributed by atoms with Crippen molar-refractivity contribution in [1.29, 1.82) is 0 Å². The zero-order valence-electron chi connectivity index (χ0n) is 16.3. The molecule has 162 valence electrons. The lowest BCUT2D eigenvalue weighted by atomic mass is 10.2. The first kappa shape index (κ1) is 21.3. The van der Waals surface area contributed by atoms with Crippen molar-refractivity contribution in [3.63, 3.8) is 0 Å². The number of rotatable bonds is 5. The summed E-state index contributed by atoms with van der Waals surface area (Å²) in [4.78, 5) is 19.0. The van der Waals surface area contributed by atoms with Gasteiger partial charge in [0, 0.05) is 5.56 Å². The fraction of sp³-hybridized carbons (Fsp3) is 0.286. The molecule has 1 unspecified atom stereocenters. The summed E-state index contributed by atoms with van der Waals surface area (Å²) in [7, 11) is 0. The molecule has 0 saturated carbocycles. The van der Waals surface area contributed by atoms with Crippen LogP contribution in [0.4, 0.5) is 18.9 Å². The molecule has 31 heavy (non-hydrogen) atoms. The Morgan fingerprint density at radius 1 is 1.23 bits per heavy atom. The molecule has 3 aromatic rings. The minimum atomic E-state index is -4.52. The molecule has 6 nitrogen and oxygen atoms in total. The molecule has 0 radical (unpaired) electrons. The number of H-pyrrole nitrogens is 1. The van der Waals surface area contributed by atoms with E-state index in [0.717, 1.165) is 36.6 Å². The Balaban J connectivity index is 1.45. The molecule has 1 saturated heterocycles. The molecular formula is C21H19ClF3N5O. The number of hydrogen-bond donors (Lipinski definition) is 2. The average Bonchev–Trinajstić information content (AvgIpc) is 3.39. The van der Waals surface area contributed by atoms with E-state index in [1.807, 2.05) is 35.2 Å². The van der Waals surface area contributed by atoms with Crippen LogP contribution in [-0.2, 0) is 11.0 Å². The van der Waals surface area contributed by atoms with Crippen molar-refractivity contribution in [1.82, 2.24) is 20.1 Å². The maximum atomic E-state index is 12.9. The number of benzene rings is 2. The van der Waals surface area contributed by atoms with Crippen molar-refractivity contribution in [2.24, 2.45) is 0 Å². The van der Waals surface area contributed by atoms with E-state index < -0.39 is 17.6 Å². The standard InChI is InChI=1S/C21H19ClF3N5O/c22-15-9-8-14(21(23,24)25)11-16(15)26-18(31)12-30-10-4-7-17(30)20-27-19(28-29-20)13-5-2-1-3-6-13/h1-3,5-6,8-9,11,17H,4,7,10,12H2,(H,26,31)(H,27,28,29). The quantitative estimate of drug-likeness (QED) is 0.580. The van der Waals surface area contributed by atoms with E-state index in [1.165, 1.54) is 0 Å². The SMILES string of the molecule is O=C(CN1CCCC1c1nc(-c2ccccc2)n[nH]1)Nc1cc(C(F)(F)F)ccc1Cl. The van der Waals surface area contributed by atoms with E-state index in [4.69, 9.17) is 11.6 Å². The minimum Gasteiger partial charge on any atom is -0.324 e. The molecule has 0 aliphatic carbocycles. The van der Waals surface area contributed by atoms with Gasteiger partial charge in [-0.2, -0.15) is 18.3 Å². The van der Waals surface area contributed by atoms with Crippen LogP contribution in [0.3, 0.4) is 0 Å². The highest BCUT2D eigenvalue weighted by Crippen LogP contribution is 2.34. The van der Waals surface area contributed by atoms with E-state index in [2.05, 4.69) is 20.5 Å². The summed E-state index contributed by atoms with van der Waals surface area (Å²) in [5.41, 5.74) is -0.0592. The lowest BCUT2D eigenvalue weighted by Gasteiger charge is -2.22. The van der Waals surface area contributed by atoms with E-state index >= 15 is 0 Å². The Morgan fingerprint density at radius 3 is 2.74 bits per heavy atom. The second-order valence-electron chi connectivity index (χ2n) is 7.28. The Labute approximate surface area is 181 Å². The summed E-state index contributed by atoms with van der Waals surface area (Å²) >= 11 is 5.97. The van der Waals surface area contributed by atoms with E-state index in [-0.39, 0.29) is 23.3 Å². The maximum absolute atomic E-state index is 12.9. The highest BCUT2D eigenvalue weighted by Gasteiger charge is 2.32. The lowest BCUT2D eigenvalue weighted by molar-refractivity contribution is -0.137. The molecule has 0 spiro atoms. The number of hydrogen-bond acceptors (Lipinski definition) is 4. The average molecular weight is 450 g/mol. The fourth-order valence-corrected chi connectivity index (χ4v) is 3.80. The summed E-state index contributed by atoms with van der Waals surface area (Å²) in [6, 6.07) is 12.2. The monoisotopic (exact) mass is 449 g/mol. The first-order valence-electron chi connectivity index (χ1n) is 9.69. The Kier molecular flexibility index (Phi) is 5.97. The summed E-state index contributed by atoms with van der Waals surface area (Å²) in [5, 5.41) is 9.76. The molecule has 1 aliphatic rings. The largest absolute Gasteiger partial charge is 0.416 e. The van der Waals surface area contributed by atoms with Crippen LogP contribution in [0, 0.1) is 0 Å². The van der Waals surface area contributed by atoms with E-state index in [1.54, 1.807) is 0 Å². The molecule has 2 aromatic carbocycles. The zero-order valence-corrected chi connectivity index (χ0v) is 17.0. The highest BCUT2D eigenvalue weighted by molar-refractivity contribution is 6.33. The molecular weight excluding hydrogens is 431 g/mol. The highest BCUT2D eigenvalue weighted by atomic mass is 35.5. The van der Waals surface area contributed by atoms with Gasteiger partial charge in [-0.05, 0) is 37.6 Å². The van der Waals surface area contributed by atoms with Crippen molar-refractivity contribution in [2.45, 2.75) is 25.1 Å². The van der Waals surface area contributed by atoms with Crippen LogP contribution < -0.4 is 5.32 Å². The number of amides is 1. The lowest BCUT2D eigenvalue weighted by Crippen LogP contribution is -2.33. The van der Waals surface area contributed by atoms with Gasteiger partial charge in [-0.25, -0.2) is 4.98 Å². The third-order valence-electron chi connectivity index (χ3n) is 5.13. The molecule has 1 aromatic heterocycles. The summed E-state index contributed by atoms with van der Waals surface area (Å²) in [5.74, 6) is 0.778. The molecule has 1 amide bonds. The second-order valence-corrected chi connectivity index (χ2v) is 7.69. The first-order chi connectivity index (χ1) is 14.8. The van der Waals surface area contributed by atoms with Crippen molar-refractivity contribution < 1.29 is 18.0 Å². The van der Waals surface area contributed by atoms with Crippen molar-refractivity contribution >= 4 is 23.2 Å². The fourth-order valence-electron chi connectivity index (χ4n) is 3.64. The van der Waals surface area contributed by atoms with Crippen molar-refractivity contribution in [3.8, 4) is 11.4 Å². The third kappa shape index (κ3) is 4.88. The van der Waals surface area contributed by atoms with E-state index in [9.17, 15) is 18.0 Å². The number of carbonyl (C=O) groups excluding carboxylic acids is 1. The molecule has 1 atom stereocenters. The van der Waals surface area contributed by atoms with Crippen molar-refractivity contribution in [3.05, 3.63) is 64.9 Å². The van der Waals surface area contributed by atoms with Gasteiger partial charge >= 0.3 is 6.18 Å². The molecule has 0 bridgehead atoms. The number of aromatic nitrogens is 3. The number of halogens is 4. The number of likely N-dealkylation sites (tertiary alicyclic amines) is 1. The first-order valence-corrected chi connectivity index (χ1v) is 10.1. The van der Waals surface area contributed by atoms with Gasteiger partial charge in [0.15, 0.2) is 5.82 Å². The molecule has 4 rings (SSSR count). The third-order valence-corrected chi connectivity index (χ3v) is 5.46. The number of nitrogens with one attached hydrogen (secondary N) is 2. The van der Waals surface area contributed by atoms with Crippen LogP contribution in [0.15, 0.2) is 48.5 Å². The van der Waals surface area contributed by atoms with Gasteiger partial charge in [0.2, 0.25) is 5.91 Å². The predicted octanol–water partition coefficient (Wildman–Crippen LogP) is 4.92. The number of anilines is 1. The molecule has 2 heterocycles. The summed E-state index contributed by atoms with van der Waals surface area (Å²) in [6.45, 7) is 0.661. The molecule has 1 fully saturated rings. The zero-order chi connectivity index (χ0) is 22.0. The number of carbonyl (C=O) groups is 1. The van der Waals surface area contributed by atoms with Crippen LogP contribution in [-0.4, -0.2) is 39.1 Å². The maximum Gasteiger partial charge on any atom is 0.416 e. The number of nitrogens with zero attached hydrogens (tertiary/aromatic N) is 3. The summed E-state index contributed by atoms with van der Waals surface area (Å²) in [6.07, 6.45) is -2.86. The Bertz CT molecular complexity index is 1070. The van der Waals surface area contributed by atoms with Gasteiger partial charge in [-0.3, -0.25) is 14.8 Å². The van der Waals surface area contributed by atoms with Crippen LogP contribution in [0.5, 0.6) is 0 Å². The Morgan fingerprint density at radius 2 is 2.00 bits per heavy atom. The minimum absolute atomic E-state index is 0.00138. The van der Waals surface area contributed by atoms with Gasteiger partial charge in [-0.1, -0.05) is 41.9 Å². The van der Waals surface area contributed by atoms with E-state index in [0.29, 0.717) is 18.2 Å². The number of aromatic amines is 1. The second kappa shape index (κ2) is 8.68.